The summed E-state index contributed by atoms with van der Waals surface area (Å²) in [5.41, 5.74) is 0.789. The fraction of sp³-hybridized carbons (Fsp3) is 0.333. The Kier molecular flexibility index (Phi) is 5.38. The number of furan rings is 1. The third-order valence-corrected chi connectivity index (χ3v) is 7.21. The number of fused-ring (bicyclic) bond motifs is 1. The van der Waals surface area contributed by atoms with E-state index >= 15 is 0 Å². The highest BCUT2D eigenvalue weighted by Crippen LogP contribution is 2.26. The first-order chi connectivity index (χ1) is 13.9. The predicted octanol–water partition coefficient (Wildman–Crippen LogP) is 3.11. The van der Waals surface area contributed by atoms with Crippen LogP contribution in [-0.4, -0.2) is 36.7 Å². The smallest absolute Gasteiger partial charge is 0.244 e. The zero-order valence-corrected chi connectivity index (χ0v) is 16.9. The molecule has 3 aromatic rings. The highest BCUT2D eigenvalue weighted by atomic mass is 32.2. The Morgan fingerprint density at radius 1 is 1.21 bits per heavy atom. The monoisotopic (exact) mass is 413 g/mol. The van der Waals surface area contributed by atoms with Gasteiger partial charge in [0.2, 0.25) is 15.9 Å². The van der Waals surface area contributed by atoms with Gasteiger partial charge in [0, 0.05) is 36.8 Å². The Hall–Kier alpha value is -2.71. The molecule has 29 heavy (non-hydrogen) atoms. The molecule has 3 heterocycles. The molecule has 0 saturated carbocycles. The maximum Gasteiger partial charge on any atom is 0.244 e. The number of piperidine rings is 1. The van der Waals surface area contributed by atoms with E-state index in [0.29, 0.717) is 31.7 Å². The molecule has 1 fully saturated rings. The van der Waals surface area contributed by atoms with E-state index in [1.807, 2.05) is 37.3 Å². The van der Waals surface area contributed by atoms with Crippen molar-refractivity contribution in [3.8, 4) is 0 Å². The fourth-order valence-corrected chi connectivity index (χ4v) is 5.06. The molecule has 1 amide bonds. The molecule has 8 heteroatoms. The first-order valence-corrected chi connectivity index (χ1v) is 11.1. The van der Waals surface area contributed by atoms with Crippen molar-refractivity contribution in [3.05, 3.63) is 60.6 Å². The average Bonchev–Trinajstić information content (AvgIpc) is 3.19. The summed E-state index contributed by atoms with van der Waals surface area (Å²) >= 11 is 0. The number of nitrogens with one attached hydrogen (secondary N) is 1. The van der Waals surface area contributed by atoms with Crippen molar-refractivity contribution in [1.29, 1.82) is 0 Å². The second-order valence-electron chi connectivity index (χ2n) is 7.28. The highest BCUT2D eigenvalue weighted by molar-refractivity contribution is 7.89. The molecule has 0 bridgehead atoms. The molecule has 4 rings (SSSR count). The first kappa shape index (κ1) is 19.6. The van der Waals surface area contributed by atoms with Crippen LogP contribution in [0.1, 0.15) is 31.6 Å². The zero-order valence-electron chi connectivity index (χ0n) is 16.1. The number of aromatic nitrogens is 1. The first-order valence-electron chi connectivity index (χ1n) is 9.64. The van der Waals surface area contributed by atoms with Crippen LogP contribution in [-0.2, 0) is 14.8 Å². The topological polar surface area (TPSA) is 92.5 Å². The molecule has 0 spiro atoms. The van der Waals surface area contributed by atoms with E-state index in [1.54, 1.807) is 12.3 Å². The van der Waals surface area contributed by atoms with Crippen LogP contribution in [0.4, 0.5) is 0 Å². The van der Waals surface area contributed by atoms with Crippen molar-refractivity contribution < 1.29 is 17.6 Å². The summed E-state index contributed by atoms with van der Waals surface area (Å²) in [7, 11) is -3.57. The average molecular weight is 413 g/mol. The van der Waals surface area contributed by atoms with Gasteiger partial charge in [0.1, 0.15) is 16.2 Å². The normalized spacial score (nSPS) is 17.3. The number of rotatable bonds is 5. The van der Waals surface area contributed by atoms with Crippen LogP contribution in [0.2, 0.25) is 0 Å². The fourth-order valence-electron chi connectivity index (χ4n) is 3.63. The quantitative estimate of drug-likeness (QED) is 0.694. The standard InChI is InChI=1S/C21H23N3O4S/c1-15(20-13-17-5-2-3-7-19(17)28-20)23-21(25)16-8-11-24(12-9-16)29(26,27)18-6-4-10-22-14-18/h2-7,10,13-16H,8-9,11-12H2,1H3,(H,23,25)/t15-/m1/s1. The Bertz CT molecular complexity index is 1070. The minimum atomic E-state index is -3.57. The number of pyridine rings is 1. The number of benzene rings is 1. The Morgan fingerprint density at radius 2 is 1.97 bits per heavy atom. The molecular formula is C21H23N3O4S. The number of hydrogen-bond donors (Lipinski definition) is 1. The number of hydrogen-bond acceptors (Lipinski definition) is 5. The van der Waals surface area contributed by atoms with Crippen molar-refractivity contribution in [2.75, 3.05) is 13.1 Å². The molecule has 1 N–H and O–H groups in total. The summed E-state index contributed by atoms with van der Waals surface area (Å²) in [6.45, 7) is 2.51. The van der Waals surface area contributed by atoms with E-state index in [2.05, 4.69) is 10.3 Å². The van der Waals surface area contributed by atoms with Gasteiger partial charge in [-0.15, -0.1) is 0 Å². The third-order valence-electron chi connectivity index (χ3n) is 5.33. The van der Waals surface area contributed by atoms with E-state index in [4.69, 9.17) is 4.42 Å². The lowest BCUT2D eigenvalue weighted by Crippen LogP contribution is -2.43. The molecule has 1 aliphatic rings. The molecule has 0 unspecified atom stereocenters. The number of carbonyl (C=O) groups excluding carboxylic acids is 1. The van der Waals surface area contributed by atoms with Crippen LogP contribution in [0.15, 0.2) is 64.2 Å². The summed E-state index contributed by atoms with van der Waals surface area (Å²) in [6.07, 6.45) is 3.86. The molecule has 1 atom stereocenters. The van der Waals surface area contributed by atoms with Crippen LogP contribution in [0.5, 0.6) is 0 Å². The van der Waals surface area contributed by atoms with Crippen LogP contribution < -0.4 is 5.32 Å². The number of carbonyl (C=O) groups is 1. The summed E-state index contributed by atoms with van der Waals surface area (Å²) in [5.74, 6) is 0.412. The Balaban J connectivity index is 1.36. The molecule has 1 saturated heterocycles. The number of amides is 1. The van der Waals surface area contributed by atoms with Crippen LogP contribution >= 0.6 is 0 Å². The molecule has 0 aliphatic carbocycles. The number of sulfonamides is 1. The summed E-state index contributed by atoms with van der Waals surface area (Å²) in [4.78, 5) is 16.8. The van der Waals surface area contributed by atoms with E-state index in [0.717, 1.165) is 11.0 Å². The lowest BCUT2D eigenvalue weighted by Gasteiger charge is -2.31. The third kappa shape index (κ3) is 4.04. The summed E-state index contributed by atoms with van der Waals surface area (Å²) in [6, 6.07) is 12.5. The van der Waals surface area contributed by atoms with Gasteiger partial charge >= 0.3 is 0 Å². The second kappa shape index (κ2) is 7.96. The summed E-state index contributed by atoms with van der Waals surface area (Å²) in [5, 5.41) is 4.00. The largest absolute Gasteiger partial charge is 0.459 e. The minimum Gasteiger partial charge on any atom is -0.459 e. The van der Waals surface area contributed by atoms with Gasteiger partial charge in [0.25, 0.3) is 0 Å². The highest BCUT2D eigenvalue weighted by Gasteiger charge is 2.32. The molecule has 0 radical (unpaired) electrons. The van der Waals surface area contributed by atoms with E-state index in [1.165, 1.54) is 16.6 Å². The van der Waals surface area contributed by atoms with Gasteiger partial charge in [-0.1, -0.05) is 18.2 Å². The van der Waals surface area contributed by atoms with Crippen molar-refractivity contribution >= 4 is 26.9 Å². The second-order valence-corrected chi connectivity index (χ2v) is 9.22. The maximum absolute atomic E-state index is 12.7. The van der Waals surface area contributed by atoms with Gasteiger partial charge in [0.15, 0.2) is 0 Å². The van der Waals surface area contributed by atoms with E-state index < -0.39 is 10.0 Å². The molecule has 1 aliphatic heterocycles. The zero-order chi connectivity index (χ0) is 20.4. The van der Waals surface area contributed by atoms with E-state index in [9.17, 15) is 13.2 Å². The van der Waals surface area contributed by atoms with Crippen molar-refractivity contribution in [3.63, 3.8) is 0 Å². The lowest BCUT2D eigenvalue weighted by atomic mass is 9.97. The number of para-hydroxylation sites is 1. The summed E-state index contributed by atoms with van der Waals surface area (Å²) < 4.78 is 32.6. The van der Waals surface area contributed by atoms with Gasteiger partial charge in [-0.2, -0.15) is 4.31 Å². The SMILES string of the molecule is C[C@@H](NC(=O)C1CCN(S(=O)(=O)c2cccnc2)CC1)c1cc2ccccc2o1. The lowest BCUT2D eigenvalue weighted by molar-refractivity contribution is -0.126. The molecular weight excluding hydrogens is 390 g/mol. The van der Waals surface area contributed by atoms with Crippen LogP contribution in [0.3, 0.4) is 0 Å². The van der Waals surface area contributed by atoms with Gasteiger partial charge in [-0.25, -0.2) is 8.42 Å². The van der Waals surface area contributed by atoms with Crippen molar-refractivity contribution in [2.24, 2.45) is 5.92 Å². The van der Waals surface area contributed by atoms with Crippen LogP contribution in [0, 0.1) is 5.92 Å². The van der Waals surface area contributed by atoms with Gasteiger partial charge in [-0.3, -0.25) is 9.78 Å². The van der Waals surface area contributed by atoms with Crippen molar-refractivity contribution in [2.45, 2.75) is 30.7 Å². The Morgan fingerprint density at radius 3 is 2.66 bits per heavy atom. The molecule has 2 aromatic heterocycles. The van der Waals surface area contributed by atoms with Gasteiger partial charge in [0.05, 0.1) is 6.04 Å². The van der Waals surface area contributed by atoms with Crippen LogP contribution in [0.25, 0.3) is 11.0 Å². The minimum absolute atomic E-state index is 0.0728. The Labute approximate surface area is 169 Å². The molecule has 152 valence electrons. The maximum atomic E-state index is 12.7. The number of nitrogens with zero attached hydrogens (tertiary/aromatic N) is 2. The van der Waals surface area contributed by atoms with Gasteiger partial charge in [-0.05, 0) is 44.0 Å². The molecule has 1 aromatic carbocycles. The van der Waals surface area contributed by atoms with E-state index in [-0.39, 0.29) is 22.8 Å². The van der Waals surface area contributed by atoms with Gasteiger partial charge < -0.3 is 9.73 Å². The van der Waals surface area contributed by atoms with Crippen molar-refractivity contribution in [1.82, 2.24) is 14.6 Å². The molecule has 7 nitrogen and oxygen atoms in total. The predicted molar refractivity (Wildman–Crippen MR) is 108 cm³/mol.